The minimum Gasteiger partial charge on any atom is -0.504 e. The summed E-state index contributed by atoms with van der Waals surface area (Å²) < 4.78 is 4.31. The first-order chi connectivity index (χ1) is 3.72. The maximum absolute atomic E-state index is 8.58. The average molecular weight is 118 g/mol. The molecule has 0 amide bonds. The molecule has 0 bridgehead atoms. The standard InChI is InChI=1S/C4H6O4/c5-2-1-8-4(7)3(2)6/h2,5-7H,1H2/t2-/m1/s1. The predicted octanol–water partition coefficient (Wildman–Crippen LogP) is -0.337. The molecule has 0 fully saturated rings. The van der Waals surface area contributed by atoms with Gasteiger partial charge in [0, 0.05) is 0 Å². The molecule has 0 aliphatic carbocycles. The van der Waals surface area contributed by atoms with Crippen molar-refractivity contribution in [1.82, 2.24) is 0 Å². The molecule has 0 aromatic heterocycles. The molecule has 0 saturated heterocycles. The Balaban J connectivity index is 2.71. The molecule has 1 aliphatic heterocycles. The molecule has 0 aromatic rings. The Labute approximate surface area is 45.6 Å². The maximum atomic E-state index is 8.58. The van der Waals surface area contributed by atoms with Gasteiger partial charge in [-0.3, -0.25) is 0 Å². The average Bonchev–Trinajstić information content (AvgIpc) is 1.98. The highest BCUT2D eigenvalue weighted by atomic mass is 16.6. The van der Waals surface area contributed by atoms with Crippen molar-refractivity contribution in [3.63, 3.8) is 0 Å². The quantitative estimate of drug-likeness (QED) is 0.407. The van der Waals surface area contributed by atoms with Gasteiger partial charge in [-0.2, -0.15) is 0 Å². The van der Waals surface area contributed by atoms with E-state index >= 15 is 0 Å². The van der Waals surface area contributed by atoms with Gasteiger partial charge < -0.3 is 20.1 Å². The Kier molecular flexibility index (Phi) is 1.02. The molecule has 0 saturated carbocycles. The summed E-state index contributed by atoms with van der Waals surface area (Å²) in [6.07, 6.45) is -1.05. The molecule has 4 heteroatoms. The van der Waals surface area contributed by atoms with E-state index in [1.807, 2.05) is 0 Å². The predicted molar refractivity (Wildman–Crippen MR) is 24.2 cm³/mol. The van der Waals surface area contributed by atoms with Crippen LogP contribution in [-0.4, -0.2) is 28.0 Å². The third-order valence-electron chi connectivity index (χ3n) is 0.913. The van der Waals surface area contributed by atoms with E-state index in [9.17, 15) is 0 Å². The molecule has 3 N–H and O–H groups in total. The summed E-state index contributed by atoms with van der Waals surface area (Å²) in [5.41, 5.74) is 0. The van der Waals surface area contributed by atoms with Crippen LogP contribution in [0, 0.1) is 0 Å². The van der Waals surface area contributed by atoms with Crippen LogP contribution in [0.3, 0.4) is 0 Å². The van der Waals surface area contributed by atoms with Crippen molar-refractivity contribution in [1.29, 1.82) is 0 Å². The molecular formula is C4H6O4. The first-order valence-corrected chi connectivity index (χ1v) is 2.15. The van der Waals surface area contributed by atoms with Gasteiger partial charge in [0.1, 0.15) is 6.61 Å². The van der Waals surface area contributed by atoms with Crippen LogP contribution in [-0.2, 0) is 4.74 Å². The summed E-state index contributed by atoms with van der Waals surface area (Å²) in [6, 6.07) is 0. The molecule has 1 atom stereocenters. The Morgan fingerprint density at radius 3 is 2.25 bits per heavy atom. The highest BCUT2D eigenvalue weighted by Gasteiger charge is 2.24. The largest absolute Gasteiger partial charge is 0.504 e. The van der Waals surface area contributed by atoms with Gasteiger partial charge in [0.2, 0.25) is 5.76 Å². The summed E-state index contributed by atoms with van der Waals surface area (Å²) in [5.74, 6) is -1.05. The monoisotopic (exact) mass is 118 g/mol. The lowest BCUT2D eigenvalue weighted by Gasteiger charge is -1.93. The highest BCUT2D eigenvalue weighted by Crippen LogP contribution is 2.13. The molecule has 1 heterocycles. The van der Waals surface area contributed by atoms with E-state index in [-0.39, 0.29) is 6.61 Å². The Morgan fingerprint density at radius 2 is 2.12 bits per heavy atom. The second-order valence-electron chi connectivity index (χ2n) is 1.52. The zero-order valence-corrected chi connectivity index (χ0v) is 4.03. The lowest BCUT2D eigenvalue weighted by Crippen LogP contribution is -2.08. The van der Waals surface area contributed by atoms with Crippen LogP contribution in [0.4, 0.5) is 0 Å². The van der Waals surface area contributed by atoms with Crippen LogP contribution in [0.2, 0.25) is 0 Å². The second-order valence-corrected chi connectivity index (χ2v) is 1.52. The lowest BCUT2D eigenvalue weighted by atomic mass is 10.4. The van der Waals surface area contributed by atoms with Gasteiger partial charge in [-0.05, 0) is 0 Å². The molecule has 4 nitrogen and oxygen atoms in total. The van der Waals surface area contributed by atoms with Crippen LogP contribution < -0.4 is 0 Å². The van der Waals surface area contributed by atoms with Crippen LogP contribution in [0.1, 0.15) is 0 Å². The minimum absolute atomic E-state index is 0.0579. The number of ether oxygens (including phenoxy) is 1. The topological polar surface area (TPSA) is 69.9 Å². The van der Waals surface area contributed by atoms with Crippen molar-refractivity contribution in [2.75, 3.05) is 6.61 Å². The zero-order valence-electron chi connectivity index (χ0n) is 4.03. The summed E-state index contributed by atoms with van der Waals surface area (Å²) in [7, 11) is 0. The van der Waals surface area contributed by atoms with E-state index in [0.29, 0.717) is 0 Å². The molecular weight excluding hydrogens is 112 g/mol. The number of aliphatic hydroxyl groups is 3. The second kappa shape index (κ2) is 1.56. The number of hydrogen-bond donors (Lipinski definition) is 3. The lowest BCUT2D eigenvalue weighted by molar-refractivity contribution is 0.0794. The van der Waals surface area contributed by atoms with Crippen molar-refractivity contribution >= 4 is 0 Å². The molecule has 0 spiro atoms. The molecule has 8 heavy (non-hydrogen) atoms. The van der Waals surface area contributed by atoms with Gasteiger partial charge in [-0.15, -0.1) is 0 Å². The van der Waals surface area contributed by atoms with Gasteiger partial charge in [0.15, 0.2) is 6.10 Å². The zero-order chi connectivity index (χ0) is 6.15. The van der Waals surface area contributed by atoms with E-state index in [1.165, 1.54) is 0 Å². The van der Waals surface area contributed by atoms with Crippen molar-refractivity contribution in [3.8, 4) is 0 Å². The van der Waals surface area contributed by atoms with Gasteiger partial charge in [-0.25, -0.2) is 0 Å². The molecule has 1 aliphatic rings. The van der Waals surface area contributed by atoms with Crippen molar-refractivity contribution in [3.05, 3.63) is 11.7 Å². The SMILES string of the molecule is OC1=C(O)[C@H](O)CO1. The molecule has 0 radical (unpaired) electrons. The Morgan fingerprint density at radius 1 is 1.50 bits per heavy atom. The number of rotatable bonds is 0. The first kappa shape index (κ1) is 5.24. The summed E-state index contributed by atoms with van der Waals surface area (Å²) in [6.45, 7) is -0.0579. The van der Waals surface area contributed by atoms with Crippen LogP contribution in [0.5, 0.6) is 0 Å². The molecule has 46 valence electrons. The van der Waals surface area contributed by atoms with Crippen molar-refractivity contribution in [2.45, 2.75) is 6.10 Å². The maximum Gasteiger partial charge on any atom is 0.319 e. The Bertz CT molecular complexity index is 128. The van der Waals surface area contributed by atoms with Crippen molar-refractivity contribution in [2.24, 2.45) is 0 Å². The van der Waals surface area contributed by atoms with Gasteiger partial charge >= 0.3 is 5.95 Å². The van der Waals surface area contributed by atoms with E-state index in [2.05, 4.69) is 4.74 Å². The van der Waals surface area contributed by atoms with Gasteiger partial charge in [0.05, 0.1) is 0 Å². The van der Waals surface area contributed by atoms with Gasteiger partial charge in [-0.1, -0.05) is 0 Å². The summed E-state index contributed by atoms with van der Waals surface area (Å²) >= 11 is 0. The van der Waals surface area contributed by atoms with E-state index in [1.54, 1.807) is 0 Å². The number of aliphatic hydroxyl groups excluding tert-OH is 3. The minimum atomic E-state index is -1.05. The molecule has 0 aromatic carbocycles. The molecule has 1 rings (SSSR count). The normalized spacial score (nSPS) is 28.4. The fourth-order valence-corrected chi connectivity index (χ4v) is 0.453. The fraction of sp³-hybridized carbons (Fsp3) is 0.500. The highest BCUT2D eigenvalue weighted by molar-refractivity contribution is 5.03. The third-order valence-corrected chi connectivity index (χ3v) is 0.913. The first-order valence-electron chi connectivity index (χ1n) is 2.15. The van der Waals surface area contributed by atoms with Gasteiger partial charge in [0.25, 0.3) is 0 Å². The Hall–Kier alpha value is -0.900. The fourth-order valence-electron chi connectivity index (χ4n) is 0.453. The van der Waals surface area contributed by atoms with Crippen LogP contribution in [0.25, 0.3) is 0 Å². The summed E-state index contributed by atoms with van der Waals surface area (Å²) in [4.78, 5) is 0. The van der Waals surface area contributed by atoms with E-state index in [4.69, 9.17) is 15.3 Å². The van der Waals surface area contributed by atoms with Crippen LogP contribution >= 0.6 is 0 Å². The third kappa shape index (κ3) is 0.586. The van der Waals surface area contributed by atoms with Crippen molar-refractivity contribution < 1.29 is 20.1 Å². The molecule has 0 unspecified atom stereocenters. The van der Waals surface area contributed by atoms with E-state index in [0.717, 1.165) is 0 Å². The number of hydrogen-bond acceptors (Lipinski definition) is 4. The van der Waals surface area contributed by atoms with Crippen LogP contribution in [0.15, 0.2) is 11.7 Å². The smallest absolute Gasteiger partial charge is 0.319 e. The van der Waals surface area contributed by atoms with E-state index < -0.39 is 17.8 Å². The summed E-state index contributed by atoms with van der Waals surface area (Å²) in [5, 5.41) is 25.5.